The van der Waals surface area contributed by atoms with Crippen LogP contribution < -0.4 is 0 Å². The summed E-state index contributed by atoms with van der Waals surface area (Å²) < 4.78 is 2.68. The first-order valence-electron chi connectivity index (χ1n) is 13.9. The second kappa shape index (κ2) is 9.59. The van der Waals surface area contributed by atoms with Crippen molar-refractivity contribution in [1.29, 1.82) is 0 Å². The van der Waals surface area contributed by atoms with E-state index < -0.39 is 0 Å². The van der Waals surface area contributed by atoms with Crippen molar-refractivity contribution in [1.82, 2.24) is 4.98 Å². The zero-order valence-corrected chi connectivity index (χ0v) is 22.9. The van der Waals surface area contributed by atoms with Gasteiger partial charge in [0.15, 0.2) is 0 Å². The van der Waals surface area contributed by atoms with Gasteiger partial charge in [0.25, 0.3) is 0 Å². The van der Waals surface area contributed by atoms with Crippen LogP contribution in [0.3, 0.4) is 0 Å². The Morgan fingerprint density at radius 2 is 1.62 bits per heavy atom. The van der Waals surface area contributed by atoms with E-state index in [1.165, 1.54) is 59.1 Å². The molecule has 190 valence electrons. The van der Waals surface area contributed by atoms with E-state index in [-0.39, 0.29) is 0 Å². The monoisotopic (exact) mass is 529 g/mol. The highest BCUT2D eigenvalue weighted by molar-refractivity contribution is 7.25. The minimum atomic E-state index is 0.455. The molecular formula is C38H27NS. The van der Waals surface area contributed by atoms with Crippen LogP contribution in [0.2, 0.25) is 0 Å². The predicted octanol–water partition coefficient (Wildman–Crippen LogP) is 10.5. The third-order valence-corrected chi connectivity index (χ3v) is 9.60. The van der Waals surface area contributed by atoms with Gasteiger partial charge >= 0.3 is 0 Å². The predicted molar refractivity (Wildman–Crippen MR) is 171 cm³/mol. The number of rotatable bonds is 3. The number of hydrogen-bond acceptors (Lipinski definition) is 2. The highest BCUT2D eigenvalue weighted by Crippen LogP contribution is 2.45. The second-order valence-corrected chi connectivity index (χ2v) is 11.8. The van der Waals surface area contributed by atoms with Gasteiger partial charge in [-0.2, -0.15) is 0 Å². The molecule has 0 fully saturated rings. The van der Waals surface area contributed by atoms with Gasteiger partial charge in [0.05, 0.1) is 0 Å². The lowest BCUT2D eigenvalue weighted by Crippen LogP contribution is -2.14. The Hall–Kier alpha value is -4.53. The van der Waals surface area contributed by atoms with Crippen molar-refractivity contribution in [2.24, 2.45) is 5.92 Å². The van der Waals surface area contributed by atoms with Crippen LogP contribution in [-0.2, 0) is 0 Å². The van der Waals surface area contributed by atoms with Gasteiger partial charge in [0, 0.05) is 38.5 Å². The molecule has 1 atom stereocenters. The largest absolute Gasteiger partial charge is 0.264 e. The van der Waals surface area contributed by atoms with Gasteiger partial charge in [-0.15, -0.1) is 11.3 Å². The number of thiophene rings is 1. The number of pyridine rings is 1. The lowest BCUT2D eigenvalue weighted by atomic mass is 9.74. The first kappa shape index (κ1) is 23.4. The summed E-state index contributed by atoms with van der Waals surface area (Å²) >= 11 is 1.89. The van der Waals surface area contributed by atoms with Crippen LogP contribution >= 0.6 is 11.3 Å². The normalized spacial score (nSPS) is 17.9. The number of fused-ring (bicyclic) bond motifs is 5. The molecule has 3 aliphatic carbocycles. The highest BCUT2D eigenvalue weighted by atomic mass is 32.1. The van der Waals surface area contributed by atoms with Crippen LogP contribution in [0.5, 0.6) is 0 Å². The van der Waals surface area contributed by atoms with Crippen LogP contribution in [0, 0.1) is 5.92 Å². The maximum absolute atomic E-state index is 4.28. The summed E-state index contributed by atoms with van der Waals surface area (Å²) in [7, 11) is 0. The quantitative estimate of drug-likeness (QED) is 0.226. The molecule has 0 aliphatic heterocycles. The summed E-state index contributed by atoms with van der Waals surface area (Å²) in [6.07, 6.45) is 24.0. The summed E-state index contributed by atoms with van der Waals surface area (Å²) in [5.41, 5.74) is 12.0. The van der Waals surface area contributed by atoms with Crippen molar-refractivity contribution < 1.29 is 0 Å². The minimum absolute atomic E-state index is 0.455. The molecule has 8 rings (SSSR count). The van der Waals surface area contributed by atoms with Crippen LogP contribution in [0.1, 0.15) is 18.4 Å². The maximum Gasteiger partial charge on any atom is 0.0361 e. The van der Waals surface area contributed by atoms with Crippen LogP contribution in [0.25, 0.3) is 48.0 Å². The molecule has 0 amide bonds. The van der Waals surface area contributed by atoms with Gasteiger partial charge in [0.2, 0.25) is 0 Å². The summed E-state index contributed by atoms with van der Waals surface area (Å²) in [6, 6.07) is 26.8. The molecule has 2 aromatic heterocycles. The van der Waals surface area contributed by atoms with Crippen molar-refractivity contribution in [2.45, 2.75) is 12.8 Å². The van der Waals surface area contributed by atoms with Gasteiger partial charge in [-0.25, -0.2) is 0 Å². The fraction of sp³-hybridized carbons (Fsp3) is 0.0789. The van der Waals surface area contributed by atoms with E-state index in [0.717, 1.165) is 18.4 Å². The van der Waals surface area contributed by atoms with E-state index >= 15 is 0 Å². The molecule has 0 radical (unpaired) electrons. The standard InChI is InChI=1S/C38H27NS/c1-2-6-26-15-16-28-17-18-29(22-34(28)32(26)8-3-1)30-19-20-36-35(23-30)38-33(9-4-10-37(38)40-36)27-13-11-25(12-14-27)31-7-5-21-39-24-31/h1-7,9-21,23-24,34H,8,22H2. The Morgan fingerprint density at radius 1 is 0.725 bits per heavy atom. The Morgan fingerprint density at radius 3 is 2.52 bits per heavy atom. The number of hydrogen-bond donors (Lipinski definition) is 0. The molecule has 0 N–H and O–H groups in total. The van der Waals surface area contributed by atoms with Gasteiger partial charge in [-0.3, -0.25) is 4.98 Å². The number of benzene rings is 3. The molecule has 3 aromatic carbocycles. The van der Waals surface area contributed by atoms with Gasteiger partial charge in [-0.1, -0.05) is 103 Å². The Balaban J connectivity index is 1.20. The zero-order chi connectivity index (χ0) is 26.5. The molecule has 40 heavy (non-hydrogen) atoms. The van der Waals surface area contributed by atoms with E-state index in [1.807, 2.05) is 29.8 Å². The fourth-order valence-electron chi connectivity index (χ4n) is 6.42. The molecule has 0 bridgehead atoms. The van der Waals surface area contributed by atoms with E-state index in [4.69, 9.17) is 0 Å². The van der Waals surface area contributed by atoms with E-state index in [0.29, 0.717) is 5.92 Å². The van der Waals surface area contributed by atoms with Crippen molar-refractivity contribution in [3.8, 4) is 22.3 Å². The summed E-state index contributed by atoms with van der Waals surface area (Å²) in [6.45, 7) is 0. The van der Waals surface area contributed by atoms with E-state index in [9.17, 15) is 0 Å². The Kier molecular flexibility index (Phi) is 5.60. The van der Waals surface area contributed by atoms with Crippen molar-refractivity contribution >= 4 is 37.1 Å². The molecule has 2 heteroatoms. The van der Waals surface area contributed by atoms with Gasteiger partial charge in [0.1, 0.15) is 0 Å². The SMILES string of the molecule is C1=CCC2=C(C=C1)C=CC1=CC=C(c3ccc4sc5cccc(-c6ccc(-c7cccnc7)cc6)c5c4c3)CC12. The summed E-state index contributed by atoms with van der Waals surface area (Å²) in [5.74, 6) is 0.455. The molecule has 1 unspecified atom stereocenters. The first-order valence-corrected chi connectivity index (χ1v) is 14.7. The summed E-state index contributed by atoms with van der Waals surface area (Å²) in [4.78, 5) is 4.28. The first-order chi connectivity index (χ1) is 19.8. The average Bonchev–Trinajstić information content (AvgIpc) is 3.22. The molecule has 0 saturated heterocycles. The van der Waals surface area contributed by atoms with Crippen molar-refractivity contribution in [3.05, 3.63) is 156 Å². The second-order valence-electron chi connectivity index (χ2n) is 10.7. The lowest BCUT2D eigenvalue weighted by Gasteiger charge is -2.30. The van der Waals surface area contributed by atoms with E-state index in [2.05, 4.69) is 120 Å². The van der Waals surface area contributed by atoms with E-state index in [1.54, 1.807) is 5.57 Å². The smallest absolute Gasteiger partial charge is 0.0361 e. The topological polar surface area (TPSA) is 12.9 Å². The van der Waals surface area contributed by atoms with Gasteiger partial charge < -0.3 is 0 Å². The molecule has 2 heterocycles. The molecule has 1 nitrogen and oxygen atoms in total. The molecule has 0 saturated carbocycles. The third-order valence-electron chi connectivity index (χ3n) is 8.47. The molecule has 0 spiro atoms. The number of aromatic nitrogens is 1. The number of nitrogens with zero attached hydrogens (tertiary/aromatic N) is 1. The third kappa shape index (κ3) is 3.95. The van der Waals surface area contributed by atoms with Crippen LogP contribution in [0.15, 0.2) is 151 Å². The number of allylic oxidation sites excluding steroid dienone is 12. The molecular weight excluding hydrogens is 502 g/mol. The lowest BCUT2D eigenvalue weighted by molar-refractivity contribution is 0.716. The minimum Gasteiger partial charge on any atom is -0.264 e. The Labute approximate surface area is 238 Å². The van der Waals surface area contributed by atoms with Gasteiger partial charge in [-0.05, 0) is 81.6 Å². The fourth-order valence-corrected chi connectivity index (χ4v) is 7.53. The zero-order valence-electron chi connectivity index (χ0n) is 22.0. The van der Waals surface area contributed by atoms with Crippen molar-refractivity contribution in [2.75, 3.05) is 0 Å². The maximum atomic E-state index is 4.28. The van der Waals surface area contributed by atoms with Crippen molar-refractivity contribution in [3.63, 3.8) is 0 Å². The highest BCUT2D eigenvalue weighted by Gasteiger charge is 2.26. The van der Waals surface area contributed by atoms with Crippen LogP contribution in [-0.4, -0.2) is 4.98 Å². The molecule has 3 aliphatic rings. The average molecular weight is 530 g/mol. The van der Waals surface area contributed by atoms with Crippen LogP contribution in [0.4, 0.5) is 0 Å². The summed E-state index contributed by atoms with van der Waals surface area (Å²) in [5, 5.41) is 2.71. The Bertz CT molecular complexity index is 1970. The molecule has 5 aromatic rings.